The molecule has 0 radical (unpaired) electrons. The van der Waals surface area contributed by atoms with Gasteiger partial charge in [-0.1, -0.05) is 6.42 Å². The van der Waals surface area contributed by atoms with Crippen molar-refractivity contribution in [1.82, 2.24) is 9.38 Å². The molecule has 3 heteroatoms. The smallest absolute Gasteiger partial charge is 0.179 e. The van der Waals surface area contributed by atoms with Crippen LogP contribution in [0.3, 0.4) is 0 Å². The van der Waals surface area contributed by atoms with E-state index in [1.165, 1.54) is 25.0 Å². The van der Waals surface area contributed by atoms with Crippen LogP contribution in [0, 0.1) is 0 Å². The van der Waals surface area contributed by atoms with Crippen molar-refractivity contribution in [2.75, 3.05) is 0 Å². The van der Waals surface area contributed by atoms with Crippen molar-refractivity contribution < 1.29 is 5.11 Å². The minimum atomic E-state index is 0.262. The second-order valence-electron chi connectivity index (χ2n) is 3.90. The van der Waals surface area contributed by atoms with Crippen molar-refractivity contribution in [1.29, 1.82) is 0 Å². The Bertz CT molecular complexity index is 471. The lowest BCUT2D eigenvalue weighted by Gasteiger charge is -2.24. The molecule has 0 saturated heterocycles. The van der Waals surface area contributed by atoms with Crippen molar-refractivity contribution in [2.45, 2.75) is 25.2 Å². The van der Waals surface area contributed by atoms with Crippen LogP contribution in [0.2, 0.25) is 0 Å². The molecule has 0 aromatic carbocycles. The fourth-order valence-electron chi connectivity index (χ4n) is 2.02. The highest BCUT2D eigenvalue weighted by Crippen LogP contribution is 2.37. The number of rotatable bonds is 1. The maximum absolute atomic E-state index is 9.57. The summed E-state index contributed by atoms with van der Waals surface area (Å²) in [6, 6.07) is 3.53. The van der Waals surface area contributed by atoms with E-state index in [2.05, 4.69) is 4.98 Å². The first-order valence-corrected chi connectivity index (χ1v) is 5.01. The quantitative estimate of drug-likeness (QED) is 0.745. The van der Waals surface area contributed by atoms with Crippen LogP contribution in [0.5, 0.6) is 5.75 Å². The van der Waals surface area contributed by atoms with E-state index in [-0.39, 0.29) is 5.75 Å². The van der Waals surface area contributed by atoms with E-state index in [0.29, 0.717) is 11.6 Å². The number of hydrogen-bond acceptors (Lipinski definition) is 2. The Morgan fingerprint density at radius 3 is 3.00 bits per heavy atom. The highest BCUT2D eigenvalue weighted by atomic mass is 16.3. The fourth-order valence-corrected chi connectivity index (χ4v) is 2.02. The molecule has 3 nitrogen and oxygen atoms in total. The fraction of sp³-hybridized carbons (Fsp3) is 0.364. The molecule has 3 rings (SSSR count). The molecule has 0 atom stereocenters. The molecule has 0 bridgehead atoms. The van der Waals surface area contributed by atoms with Crippen molar-refractivity contribution in [3.05, 3.63) is 30.2 Å². The van der Waals surface area contributed by atoms with E-state index in [4.69, 9.17) is 0 Å². The summed E-state index contributed by atoms with van der Waals surface area (Å²) in [7, 11) is 0. The molecule has 72 valence electrons. The van der Waals surface area contributed by atoms with Crippen LogP contribution in [-0.2, 0) is 0 Å². The molecule has 1 N–H and O–H groups in total. The number of nitrogens with zero attached hydrogens (tertiary/aromatic N) is 2. The van der Waals surface area contributed by atoms with E-state index in [1.807, 2.05) is 22.9 Å². The zero-order valence-electron chi connectivity index (χ0n) is 7.85. The highest BCUT2D eigenvalue weighted by Gasteiger charge is 2.23. The third kappa shape index (κ3) is 0.953. The van der Waals surface area contributed by atoms with Crippen LogP contribution in [0.1, 0.15) is 30.9 Å². The first kappa shape index (κ1) is 7.85. The molecule has 0 spiro atoms. The molecule has 0 unspecified atom stereocenters. The van der Waals surface area contributed by atoms with Gasteiger partial charge in [0.15, 0.2) is 11.4 Å². The minimum Gasteiger partial charge on any atom is -0.504 e. The predicted molar refractivity (Wildman–Crippen MR) is 53.4 cm³/mol. The van der Waals surface area contributed by atoms with Crippen LogP contribution < -0.4 is 0 Å². The van der Waals surface area contributed by atoms with Crippen molar-refractivity contribution in [3.8, 4) is 5.75 Å². The lowest BCUT2D eigenvalue weighted by Crippen LogP contribution is -2.10. The molecule has 1 saturated carbocycles. The molecular weight excluding hydrogens is 176 g/mol. The molecule has 2 heterocycles. The van der Waals surface area contributed by atoms with Crippen LogP contribution in [0.25, 0.3) is 5.65 Å². The predicted octanol–water partition coefficient (Wildman–Crippen LogP) is 2.31. The second-order valence-corrected chi connectivity index (χ2v) is 3.90. The zero-order valence-corrected chi connectivity index (χ0v) is 7.85. The van der Waals surface area contributed by atoms with Crippen LogP contribution in [0.15, 0.2) is 24.5 Å². The number of fused-ring (bicyclic) bond motifs is 1. The molecule has 1 aliphatic carbocycles. The van der Waals surface area contributed by atoms with Crippen LogP contribution in [-0.4, -0.2) is 14.5 Å². The minimum absolute atomic E-state index is 0.262. The largest absolute Gasteiger partial charge is 0.504 e. The number of aromatic hydroxyl groups is 1. The summed E-state index contributed by atoms with van der Waals surface area (Å²) in [6.45, 7) is 0. The Hall–Kier alpha value is -1.51. The number of aromatic nitrogens is 2. The third-order valence-corrected chi connectivity index (χ3v) is 3.07. The maximum atomic E-state index is 9.57. The van der Waals surface area contributed by atoms with E-state index in [0.717, 1.165) is 0 Å². The first-order chi connectivity index (χ1) is 6.86. The normalized spacial score (nSPS) is 17.1. The summed E-state index contributed by atoms with van der Waals surface area (Å²) in [6.07, 6.45) is 7.68. The topological polar surface area (TPSA) is 37.5 Å². The Labute approximate surface area is 82.0 Å². The highest BCUT2D eigenvalue weighted by molar-refractivity contribution is 5.53. The molecule has 0 amide bonds. The van der Waals surface area contributed by atoms with E-state index < -0.39 is 0 Å². The van der Waals surface area contributed by atoms with E-state index in [9.17, 15) is 5.11 Å². The van der Waals surface area contributed by atoms with E-state index >= 15 is 0 Å². The standard InChI is InChI=1S/C11H12N2O/c14-10-5-2-6-13-9(7-12-11(10)13)8-3-1-4-8/h2,5-8,14H,1,3-4H2. The summed E-state index contributed by atoms with van der Waals surface area (Å²) in [5.41, 5.74) is 1.91. The van der Waals surface area contributed by atoms with Crippen LogP contribution >= 0.6 is 0 Å². The van der Waals surface area contributed by atoms with Gasteiger partial charge in [0.05, 0.1) is 0 Å². The van der Waals surface area contributed by atoms with Gasteiger partial charge in [-0.05, 0) is 25.0 Å². The molecule has 0 aliphatic heterocycles. The Morgan fingerprint density at radius 2 is 2.29 bits per heavy atom. The summed E-state index contributed by atoms with van der Waals surface area (Å²) in [4.78, 5) is 4.23. The number of hydrogen-bond donors (Lipinski definition) is 1. The molecular formula is C11H12N2O. The first-order valence-electron chi connectivity index (χ1n) is 5.01. The van der Waals surface area contributed by atoms with Gasteiger partial charge < -0.3 is 9.51 Å². The Balaban J connectivity index is 2.20. The Kier molecular flexibility index (Phi) is 1.54. The average molecular weight is 188 g/mol. The van der Waals surface area contributed by atoms with Gasteiger partial charge in [-0.2, -0.15) is 0 Å². The molecule has 2 aromatic rings. The van der Waals surface area contributed by atoms with Crippen molar-refractivity contribution in [2.24, 2.45) is 0 Å². The zero-order chi connectivity index (χ0) is 9.54. The maximum Gasteiger partial charge on any atom is 0.179 e. The van der Waals surface area contributed by atoms with Gasteiger partial charge >= 0.3 is 0 Å². The van der Waals surface area contributed by atoms with E-state index in [1.54, 1.807) is 6.07 Å². The second kappa shape index (κ2) is 2.74. The molecule has 1 fully saturated rings. The van der Waals surface area contributed by atoms with Gasteiger partial charge in [0, 0.05) is 24.0 Å². The monoisotopic (exact) mass is 188 g/mol. The Morgan fingerprint density at radius 1 is 1.43 bits per heavy atom. The van der Waals surface area contributed by atoms with Gasteiger partial charge in [-0.3, -0.25) is 0 Å². The van der Waals surface area contributed by atoms with Gasteiger partial charge in [-0.15, -0.1) is 0 Å². The summed E-state index contributed by atoms with van der Waals surface area (Å²) >= 11 is 0. The van der Waals surface area contributed by atoms with Gasteiger partial charge in [0.25, 0.3) is 0 Å². The summed E-state index contributed by atoms with van der Waals surface area (Å²) in [5, 5.41) is 9.57. The van der Waals surface area contributed by atoms with Crippen molar-refractivity contribution in [3.63, 3.8) is 0 Å². The average Bonchev–Trinajstić information content (AvgIpc) is 2.48. The molecule has 2 aromatic heterocycles. The summed E-state index contributed by atoms with van der Waals surface area (Å²) in [5.74, 6) is 0.907. The molecule has 1 aliphatic rings. The van der Waals surface area contributed by atoms with Crippen LogP contribution in [0.4, 0.5) is 0 Å². The lowest BCUT2D eigenvalue weighted by atomic mass is 9.83. The third-order valence-electron chi connectivity index (χ3n) is 3.07. The van der Waals surface area contributed by atoms with Gasteiger partial charge in [0.1, 0.15) is 0 Å². The molecule has 14 heavy (non-hydrogen) atoms. The van der Waals surface area contributed by atoms with Crippen molar-refractivity contribution >= 4 is 5.65 Å². The number of pyridine rings is 1. The summed E-state index contributed by atoms with van der Waals surface area (Å²) < 4.78 is 2.00. The van der Waals surface area contributed by atoms with Gasteiger partial charge in [-0.25, -0.2) is 4.98 Å². The van der Waals surface area contributed by atoms with Gasteiger partial charge in [0.2, 0.25) is 0 Å². The lowest BCUT2D eigenvalue weighted by molar-refractivity contribution is 0.408. The SMILES string of the molecule is Oc1cccn2c(C3CCC3)cnc12. The number of imidazole rings is 1.